The van der Waals surface area contributed by atoms with Crippen LogP contribution in [0, 0.1) is 5.92 Å². The lowest BCUT2D eigenvalue weighted by molar-refractivity contribution is -0.128. The smallest absolute Gasteiger partial charge is 0.223 e. The summed E-state index contributed by atoms with van der Waals surface area (Å²) in [5.74, 6) is -1.93. The van der Waals surface area contributed by atoms with Gasteiger partial charge in [-0.3, -0.25) is 9.59 Å². The second-order valence-corrected chi connectivity index (χ2v) is 5.27. The summed E-state index contributed by atoms with van der Waals surface area (Å²) in [4.78, 5) is 22.4. The van der Waals surface area contributed by atoms with Gasteiger partial charge >= 0.3 is 0 Å². The van der Waals surface area contributed by atoms with E-state index in [9.17, 15) is 18.0 Å². The summed E-state index contributed by atoms with van der Waals surface area (Å²) in [6.45, 7) is 4.77. The highest BCUT2D eigenvalue weighted by atomic mass is 32.2. The molecule has 0 bridgehead atoms. The average Bonchev–Trinajstić information content (AvgIpc) is 2.00. The molecule has 0 rings (SSSR count). The number of carbonyl (C=O) groups excluding carboxylic acids is 2. The first-order valence-electron chi connectivity index (χ1n) is 4.47. The van der Waals surface area contributed by atoms with E-state index in [1.165, 1.54) is 6.92 Å². The summed E-state index contributed by atoms with van der Waals surface area (Å²) in [5, 5.41) is 7.10. The molecule has 1 atom stereocenters. The molecule has 0 radical (unpaired) electrons. The van der Waals surface area contributed by atoms with Crippen LogP contribution in [0.25, 0.3) is 0 Å². The maximum atomic E-state index is 11.2. The van der Waals surface area contributed by atoms with Gasteiger partial charge in [-0.15, -0.1) is 0 Å². The van der Waals surface area contributed by atoms with Crippen LogP contribution in [-0.2, 0) is 19.6 Å². The van der Waals surface area contributed by atoms with Crippen LogP contribution in [0.1, 0.15) is 20.8 Å². The second-order valence-electron chi connectivity index (χ2n) is 3.66. The van der Waals surface area contributed by atoms with Gasteiger partial charge in [0.25, 0.3) is 0 Å². The Bertz CT molecular complexity index is 348. The van der Waals surface area contributed by atoms with Gasteiger partial charge in [0.2, 0.25) is 15.9 Å². The molecule has 0 spiro atoms. The minimum absolute atomic E-state index is 0.255. The molecule has 0 aromatic carbocycles. The van der Waals surface area contributed by atoms with E-state index in [0.717, 1.165) is 0 Å². The number of ketones is 1. The molecular weight excluding hydrogens is 220 g/mol. The van der Waals surface area contributed by atoms with Crippen LogP contribution in [-0.4, -0.2) is 31.9 Å². The van der Waals surface area contributed by atoms with Gasteiger partial charge in [-0.05, 0) is 6.92 Å². The van der Waals surface area contributed by atoms with Crippen molar-refractivity contribution in [2.45, 2.75) is 26.8 Å². The molecule has 1 amide bonds. The van der Waals surface area contributed by atoms with Gasteiger partial charge < -0.3 is 5.32 Å². The maximum absolute atomic E-state index is 11.2. The molecule has 0 aliphatic rings. The monoisotopic (exact) mass is 236 g/mol. The van der Waals surface area contributed by atoms with E-state index in [1.807, 2.05) is 0 Å². The molecule has 0 saturated carbocycles. The Morgan fingerprint density at radius 1 is 1.27 bits per heavy atom. The fourth-order valence-electron chi connectivity index (χ4n) is 0.784. The lowest BCUT2D eigenvalue weighted by Gasteiger charge is -2.13. The molecule has 0 aromatic rings. The number of Topliss-reactive ketones (excluding diaryl/α,β-unsaturated/α-hetero) is 1. The van der Waals surface area contributed by atoms with Crippen molar-refractivity contribution in [2.75, 3.05) is 5.75 Å². The third-order valence-corrected chi connectivity index (χ3v) is 2.40. The molecule has 0 aliphatic carbocycles. The second kappa shape index (κ2) is 5.22. The Hall–Kier alpha value is -0.950. The van der Waals surface area contributed by atoms with Crippen LogP contribution >= 0.6 is 0 Å². The number of carbonyl (C=O) groups is 2. The molecule has 0 heterocycles. The third kappa shape index (κ3) is 6.19. The van der Waals surface area contributed by atoms with Crippen molar-refractivity contribution >= 4 is 21.7 Å². The zero-order valence-corrected chi connectivity index (χ0v) is 9.80. The first kappa shape index (κ1) is 14.1. The van der Waals surface area contributed by atoms with E-state index in [0.29, 0.717) is 0 Å². The van der Waals surface area contributed by atoms with Crippen LogP contribution in [0.2, 0.25) is 0 Å². The molecular formula is C8H16N2O4S. The molecule has 7 heteroatoms. The number of amides is 1. The number of sulfonamides is 1. The van der Waals surface area contributed by atoms with E-state index >= 15 is 0 Å². The summed E-state index contributed by atoms with van der Waals surface area (Å²) in [7, 11) is -3.83. The van der Waals surface area contributed by atoms with E-state index in [-0.39, 0.29) is 11.8 Å². The number of primary sulfonamides is 1. The van der Waals surface area contributed by atoms with Crippen molar-refractivity contribution in [3.8, 4) is 0 Å². The van der Waals surface area contributed by atoms with Gasteiger partial charge in [0.1, 0.15) is 5.75 Å². The molecule has 0 unspecified atom stereocenters. The fraction of sp³-hybridized carbons (Fsp3) is 0.750. The van der Waals surface area contributed by atoms with Gasteiger partial charge in [-0.25, -0.2) is 13.6 Å². The van der Waals surface area contributed by atoms with Crippen molar-refractivity contribution in [2.24, 2.45) is 11.1 Å². The Balaban J connectivity index is 4.29. The van der Waals surface area contributed by atoms with Crippen LogP contribution in [0.4, 0.5) is 0 Å². The lowest BCUT2D eigenvalue weighted by atomic mass is 10.1. The van der Waals surface area contributed by atoms with Crippen LogP contribution < -0.4 is 10.5 Å². The fourth-order valence-corrected chi connectivity index (χ4v) is 1.43. The number of nitrogens with two attached hydrogens (primary N) is 1. The molecule has 15 heavy (non-hydrogen) atoms. The van der Waals surface area contributed by atoms with Crippen LogP contribution in [0.3, 0.4) is 0 Å². The third-order valence-electron chi connectivity index (χ3n) is 1.71. The molecule has 0 fully saturated rings. The summed E-state index contributed by atoms with van der Waals surface area (Å²) in [5.41, 5.74) is 0. The zero-order valence-electron chi connectivity index (χ0n) is 8.98. The summed E-state index contributed by atoms with van der Waals surface area (Å²) in [6.07, 6.45) is 0. The molecule has 88 valence electrons. The Kier molecular flexibility index (Phi) is 4.89. The Morgan fingerprint density at radius 3 is 2.07 bits per heavy atom. The molecule has 0 aliphatic heterocycles. The number of hydrogen-bond acceptors (Lipinski definition) is 4. The highest BCUT2D eigenvalue weighted by Gasteiger charge is 2.20. The number of nitrogens with one attached hydrogen (secondary N) is 1. The van der Waals surface area contributed by atoms with Gasteiger partial charge in [0.15, 0.2) is 5.78 Å². The van der Waals surface area contributed by atoms with Gasteiger partial charge in [0, 0.05) is 5.92 Å². The SMILES string of the molecule is CC(C)C(=O)N[C@@H](C)C(=O)CS(N)(=O)=O. The maximum Gasteiger partial charge on any atom is 0.223 e. The summed E-state index contributed by atoms with van der Waals surface area (Å²) >= 11 is 0. The molecule has 6 nitrogen and oxygen atoms in total. The molecule has 0 saturated heterocycles. The quantitative estimate of drug-likeness (QED) is 0.638. The molecule has 0 aromatic heterocycles. The van der Waals surface area contributed by atoms with Gasteiger partial charge in [-0.2, -0.15) is 0 Å². The molecule has 3 N–H and O–H groups in total. The highest BCUT2D eigenvalue weighted by Crippen LogP contribution is 1.95. The minimum Gasteiger partial charge on any atom is -0.346 e. The number of hydrogen-bond donors (Lipinski definition) is 2. The predicted octanol–water partition coefficient (Wildman–Crippen LogP) is -0.995. The predicted molar refractivity (Wildman–Crippen MR) is 55.4 cm³/mol. The van der Waals surface area contributed by atoms with E-state index in [2.05, 4.69) is 5.32 Å². The summed E-state index contributed by atoms with van der Waals surface area (Å²) in [6, 6.07) is -0.835. The Labute approximate surface area is 89.3 Å². The van der Waals surface area contributed by atoms with Crippen molar-refractivity contribution in [1.29, 1.82) is 0 Å². The van der Waals surface area contributed by atoms with Crippen molar-refractivity contribution in [3.05, 3.63) is 0 Å². The van der Waals surface area contributed by atoms with E-state index < -0.39 is 27.6 Å². The first-order chi connectivity index (χ1) is 6.63. The minimum atomic E-state index is -3.83. The van der Waals surface area contributed by atoms with Crippen molar-refractivity contribution in [3.63, 3.8) is 0 Å². The summed E-state index contributed by atoms with van der Waals surface area (Å²) < 4.78 is 21.2. The van der Waals surface area contributed by atoms with Crippen molar-refractivity contribution in [1.82, 2.24) is 5.32 Å². The normalized spacial score (nSPS) is 13.7. The van der Waals surface area contributed by atoms with E-state index in [1.54, 1.807) is 13.8 Å². The van der Waals surface area contributed by atoms with Gasteiger partial charge in [-0.1, -0.05) is 13.8 Å². The van der Waals surface area contributed by atoms with E-state index in [4.69, 9.17) is 5.14 Å². The number of rotatable bonds is 5. The first-order valence-corrected chi connectivity index (χ1v) is 6.18. The van der Waals surface area contributed by atoms with Crippen LogP contribution in [0.15, 0.2) is 0 Å². The highest BCUT2D eigenvalue weighted by molar-refractivity contribution is 7.89. The van der Waals surface area contributed by atoms with Gasteiger partial charge in [0.05, 0.1) is 6.04 Å². The topological polar surface area (TPSA) is 106 Å². The average molecular weight is 236 g/mol. The van der Waals surface area contributed by atoms with Crippen molar-refractivity contribution < 1.29 is 18.0 Å². The largest absolute Gasteiger partial charge is 0.346 e. The lowest BCUT2D eigenvalue weighted by Crippen LogP contribution is -2.43. The van der Waals surface area contributed by atoms with Crippen LogP contribution in [0.5, 0.6) is 0 Å². The standard InChI is InChI=1S/C8H16N2O4S/c1-5(2)8(12)10-6(3)7(11)4-15(9,13)14/h5-6H,4H2,1-3H3,(H,10,12)(H2,9,13,14)/t6-/m0/s1. The zero-order chi connectivity index (χ0) is 12.2. The Morgan fingerprint density at radius 2 is 1.73 bits per heavy atom.